The maximum Gasteiger partial charge on any atom is 0.347 e. The van der Waals surface area contributed by atoms with E-state index in [9.17, 15) is 9.59 Å². The lowest BCUT2D eigenvalue weighted by Gasteiger charge is -2.08. The first-order valence-electron chi connectivity index (χ1n) is 3.71. The van der Waals surface area contributed by atoms with Crippen molar-refractivity contribution in [3.05, 3.63) is 27.9 Å². The van der Waals surface area contributed by atoms with Crippen molar-refractivity contribution in [2.24, 2.45) is 5.73 Å². The predicted molar refractivity (Wildman–Crippen MR) is 49.1 cm³/mol. The van der Waals surface area contributed by atoms with Crippen molar-refractivity contribution in [3.63, 3.8) is 0 Å². The molecule has 1 rings (SSSR count). The summed E-state index contributed by atoms with van der Waals surface area (Å²) < 4.78 is 1.06. The fourth-order valence-corrected chi connectivity index (χ4v) is 1.02. The van der Waals surface area contributed by atoms with Gasteiger partial charge in [0.2, 0.25) is 0 Å². The zero-order chi connectivity index (χ0) is 10.7. The molecule has 0 spiro atoms. The van der Waals surface area contributed by atoms with Crippen molar-refractivity contribution < 1.29 is 9.90 Å². The van der Waals surface area contributed by atoms with Crippen molar-refractivity contribution in [1.29, 1.82) is 0 Å². The molecule has 0 saturated heterocycles. The van der Waals surface area contributed by atoms with Gasteiger partial charge in [-0.1, -0.05) is 11.6 Å². The van der Waals surface area contributed by atoms with Crippen LogP contribution < -0.4 is 11.4 Å². The number of hydrogen-bond donors (Lipinski definition) is 2. The number of halogens is 1. The van der Waals surface area contributed by atoms with E-state index in [4.69, 9.17) is 22.4 Å². The van der Waals surface area contributed by atoms with Gasteiger partial charge in [-0.15, -0.1) is 0 Å². The van der Waals surface area contributed by atoms with Crippen LogP contribution in [-0.4, -0.2) is 26.7 Å². The second-order valence-corrected chi connectivity index (χ2v) is 3.09. The maximum atomic E-state index is 11.1. The number of carboxylic acid groups (broad SMARTS) is 1. The van der Waals surface area contributed by atoms with Crippen molar-refractivity contribution in [1.82, 2.24) is 9.55 Å². The Morgan fingerprint density at radius 3 is 3.00 bits per heavy atom. The number of nitrogens with two attached hydrogens (primary N) is 1. The van der Waals surface area contributed by atoms with E-state index in [0.29, 0.717) is 0 Å². The molecule has 6 nitrogen and oxygen atoms in total. The highest BCUT2D eigenvalue weighted by molar-refractivity contribution is 6.30. The minimum absolute atomic E-state index is 0.151. The van der Waals surface area contributed by atoms with Gasteiger partial charge in [-0.2, -0.15) is 0 Å². The standard InChI is InChI=1S/C7H8ClN3O3/c8-4-1-10-7(14)11(2-4)3-5(9)6(12)13/h1-2,5H,3,9H2,(H,12,13). The molecule has 0 saturated carbocycles. The number of carboxylic acids is 1. The maximum absolute atomic E-state index is 11.1. The molecule has 0 aromatic carbocycles. The average Bonchev–Trinajstić information content (AvgIpc) is 2.11. The monoisotopic (exact) mass is 217 g/mol. The Hall–Kier alpha value is -1.40. The molecule has 0 bridgehead atoms. The molecule has 7 heteroatoms. The third kappa shape index (κ3) is 2.54. The van der Waals surface area contributed by atoms with E-state index in [0.717, 1.165) is 4.57 Å². The van der Waals surface area contributed by atoms with Crippen LogP contribution >= 0.6 is 11.6 Å². The van der Waals surface area contributed by atoms with Gasteiger partial charge >= 0.3 is 11.7 Å². The summed E-state index contributed by atoms with van der Waals surface area (Å²) >= 11 is 5.57. The van der Waals surface area contributed by atoms with Crippen molar-refractivity contribution >= 4 is 17.6 Å². The van der Waals surface area contributed by atoms with Gasteiger partial charge in [0.1, 0.15) is 6.04 Å². The summed E-state index contributed by atoms with van der Waals surface area (Å²) in [6, 6.07) is -1.15. The lowest BCUT2D eigenvalue weighted by atomic mass is 10.3. The molecule has 76 valence electrons. The predicted octanol–water partition coefficient (Wildman–Crippen LogP) is -0.691. The zero-order valence-electron chi connectivity index (χ0n) is 7.05. The van der Waals surface area contributed by atoms with Crippen LogP contribution in [0.4, 0.5) is 0 Å². The first kappa shape index (κ1) is 10.7. The van der Waals surface area contributed by atoms with E-state index in [1.807, 2.05) is 0 Å². The first-order chi connectivity index (χ1) is 6.50. The topological polar surface area (TPSA) is 98.2 Å². The molecule has 1 unspecified atom stereocenters. The summed E-state index contributed by atoms with van der Waals surface area (Å²) in [7, 11) is 0. The molecule has 3 N–H and O–H groups in total. The molecule has 1 atom stereocenters. The van der Waals surface area contributed by atoms with Gasteiger partial charge in [0, 0.05) is 6.20 Å². The van der Waals surface area contributed by atoms with E-state index >= 15 is 0 Å². The molecule has 0 radical (unpaired) electrons. The smallest absolute Gasteiger partial charge is 0.347 e. The highest BCUT2D eigenvalue weighted by Crippen LogP contribution is 2.01. The van der Waals surface area contributed by atoms with E-state index in [1.165, 1.54) is 12.4 Å². The third-order valence-electron chi connectivity index (χ3n) is 1.53. The summed E-state index contributed by atoms with van der Waals surface area (Å²) in [5.74, 6) is -1.18. The molecule has 1 aromatic heterocycles. The third-order valence-corrected chi connectivity index (χ3v) is 1.73. The van der Waals surface area contributed by atoms with Gasteiger partial charge in [-0.05, 0) is 0 Å². The van der Waals surface area contributed by atoms with Crippen LogP contribution in [0, 0.1) is 0 Å². The molecule has 0 fully saturated rings. The summed E-state index contributed by atoms with van der Waals surface area (Å²) in [6.07, 6.45) is 2.48. The number of aromatic nitrogens is 2. The fraction of sp³-hybridized carbons (Fsp3) is 0.286. The van der Waals surface area contributed by atoms with Gasteiger partial charge in [0.25, 0.3) is 0 Å². The Balaban J connectivity index is 2.91. The summed E-state index contributed by atoms with van der Waals surface area (Å²) in [6.45, 7) is -0.151. The van der Waals surface area contributed by atoms with E-state index in [2.05, 4.69) is 4.98 Å². The second kappa shape index (κ2) is 4.21. The number of rotatable bonds is 3. The van der Waals surface area contributed by atoms with Crippen molar-refractivity contribution in [2.45, 2.75) is 12.6 Å². The van der Waals surface area contributed by atoms with Crippen LogP contribution in [0.3, 0.4) is 0 Å². The number of carbonyl (C=O) groups is 1. The summed E-state index contributed by atoms with van der Waals surface area (Å²) in [5.41, 5.74) is 4.66. The quantitative estimate of drug-likeness (QED) is 0.698. The van der Waals surface area contributed by atoms with Crippen molar-refractivity contribution in [3.8, 4) is 0 Å². The van der Waals surface area contributed by atoms with Gasteiger partial charge < -0.3 is 10.8 Å². The van der Waals surface area contributed by atoms with Crippen LogP contribution in [0.2, 0.25) is 5.02 Å². The van der Waals surface area contributed by atoms with E-state index in [1.54, 1.807) is 0 Å². The van der Waals surface area contributed by atoms with Crippen LogP contribution in [0.15, 0.2) is 17.2 Å². The lowest BCUT2D eigenvalue weighted by Crippen LogP contribution is -2.38. The Kier molecular flexibility index (Phi) is 3.21. The van der Waals surface area contributed by atoms with Crippen LogP contribution in [-0.2, 0) is 11.3 Å². The molecule has 1 heterocycles. The Morgan fingerprint density at radius 2 is 2.43 bits per heavy atom. The molecule has 0 aliphatic carbocycles. The van der Waals surface area contributed by atoms with Crippen LogP contribution in [0.5, 0.6) is 0 Å². The van der Waals surface area contributed by atoms with E-state index in [-0.39, 0.29) is 11.6 Å². The minimum atomic E-state index is -1.18. The molecule has 1 aromatic rings. The largest absolute Gasteiger partial charge is 0.480 e. The minimum Gasteiger partial charge on any atom is -0.480 e. The Bertz CT molecular complexity index is 403. The normalized spacial score (nSPS) is 12.4. The van der Waals surface area contributed by atoms with Gasteiger partial charge in [0.15, 0.2) is 0 Å². The molecule has 0 aliphatic heterocycles. The fourth-order valence-electron chi connectivity index (χ4n) is 0.849. The Labute approximate surface area is 83.9 Å². The lowest BCUT2D eigenvalue weighted by molar-refractivity contribution is -0.138. The highest BCUT2D eigenvalue weighted by atomic mass is 35.5. The van der Waals surface area contributed by atoms with Gasteiger partial charge in [-0.25, -0.2) is 9.78 Å². The van der Waals surface area contributed by atoms with Crippen molar-refractivity contribution in [2.75, 3.05) is 0 Å². The number of hydrogen-bond acceptors (Lipinski definition) is 4. The molecule has 14 heavy (non-hydrogen) atoms. The second-order valence-electron chi connectivity index (χ2n) is 2.65. The zero-order valence-corrected chi connectivity index (χ0v) is 7.81. The number of nitrogens with zero attached hydrogens (tertiary/aromatic N) is 2. The highest BCUT2D eigenvalue weighted by Gasteiger charge is 2.12. The SMILES string of the molecule is NC(Cn1cc(Cl)cnc1=O)C(=O)O. The summed E-state index contributed by atoms with van der Waals surface area (Å²) in [5, 5.41) is 8.76. The molecular weight excluding hydrogens is 210 g/mol. The Morgan fingerprint density at radius 1 is 1.79 bits per heavy atom. The molecule has 0 aliphatic rings. The molecular formula is C7H8ClN3O3. The summed E-state index contributed by atoms with van der Waals surface area (Å²) in [4.78, 5) is 24.9. The van der Waals surface area contributed by atoms with E-state index < -0.39 is 17.7 Å². The number of aliphatic carboxylic acids is 1. The first-order valence-corrected chi connectivity index (χ1v) is 4.09. The van der Waals surface area contributed by atoms with Gasteiger partial charge in [0.05, 0.1) is 17.8 Å². The van der Waals surface area contributed by atoms with Gasteiger partial charge in [-0.3, -0.25) is 9.36 Å². The molecule has 0 amide bonds. The van der Waals surface area contributed by atoms with Crippen LogP contribution in [0.1, 0.15) is 0 Å². The average molecular weight is 218 g/mol. The van der Waals surface area contributed by atoms with Crippen LogP contribution in [0.25, 0.3) is 0 Å².